The van der Waals surface area contributed by atoms with Crippen molar-refractivity contribution in [1.29, 1.82) is 0 Å². The van der Waals surface area contributed by atoms with E-state index >= 15 is 0 Å². The molecule has 3 aromatic carbocycles. The number of rotatable bonds is 2. The van der Waals surface area contributed by atoms with Crippen molar-refractivity contribution < 1.29 is 5.11 Å². The molecule has 25 heavy (non-hydrogen) atoms. The topological polar surface area (TPSA) is 20.2 Å². The van der Waals surface area contributed by atoms with Crippen LogP contribution < -0.4 is 0 Å². The second-order valence-corrected chi connectivity index (χ2v) is 7.25. The molecule has 0 amide bonds. The molecule has 3 aromatic rings. The molecule has 4 bridgehead atoms. The van der Waals surface area contributed by atoms with E-state index in [1.54, 1.807) is 0 Å². The molecule has 0 saturated carbocycles. The Labute approximate surface area is 150 Å². The van der Waals surface area contributed by atoms with Crippen molar-refractivity contribution in [1.82, 2.24) is 0 Å². The van der Waals surface area contributed by atoms with E-state index in [-0.39, 0.29) is 0 Å². The maximum atomic E-state index is 11.4. The highest BCUT2D eigenvalue weighted by molar-refractivity contribution is 5.43. The van der Waals surface area contributed by atoms with E-state index in [0.717, 1.165) is 36.8 Å². The number of hydrogen-bond donors (Lipinski definition) is 1. The van der Waals surface area contributed by atoms with E-state index in [1.807, 2.05) is 37.3 Å². The minimum Gasteiger partial charge on any atom is -0.381 e. The van der Waals surface area contributed by atoms with Crippen molar-refractivity contribution in [3.63, 3.8) is 0 Å². The summed E-state index contributed by atoms with van der Waals surface area (Å²) in [5.41, 5.74) is 6.29. The van der Waals surface area contributed by atoms with Crippen molar-refractivity contribution in [2.75, 3.05) is 0 Å². The molecule has 0 saturated heterocycles. The lowest BCUT2D eigenvalue weighted by atomic mass is 9.82. The van der Waals surface area contributed by atoms with Crippen LogP contribution in [0.25, 0.3) is 0 Å². The van der Waals surface area contributed by atoms with Gasteiger partial charge in [0.25, 0.3) is 0 Å². The fraction of sp³-hybridized carbons (Fsp3) is 0.250. The summed E-state index contributed by atoms with van der Waals surface area (Å²) in [6.45, 7) is 1.92. The van der Waals surface area contributed by atoms with Gasteiger partial charge in [0.15, 0.2) is 0 Å². The number of hydrogen-bond acceptors (Lipinski definition) is 1. The molecule has 0 fully saturated rings. The van der Waals surface area contributed by atoms with Crippen LogP contribution >= 0.6 is 0 Å². The summed E-state index contributed by atoms with van der Waals surface area (Å²) in [6, 6.07) is 25.7. The summed E-state index contributed by atoms with van der Waals surface area (Å²) >= 11 is 0. The lowest BCUT2D eigenvalue weighted by Crippen LogP contribution is -2.25. The average Bonchev–Trinajstić information content (AvgIpc) is 2.64. The Kier molecular flexibility index (Phi) is 4.19. The third-order valence-electron chi connectivity index (χ3n) is 5.44. The van der Waals surface area contributed by atoms with Gasteiger partial charge in [0, 0.05) is 0 Å². The van der Waals surface area contributed by atoms with Gasteiger partial charge in [0.05, 0.1) is 0 Å². The van der Waals surface area contributed by atoms with Crippen molar-refractivity contribution in [3.8, 4) is 0 Å². The first-order valence-electron chi connectivity index (χ1n) is 9.11. The first-order valence-corrected chi connectivity index (χ1v) is 9.11. The van der Waals surface area contributed by atoms with E-state index in [2.05, 4.69) is 42.5 Å². The Bertz CT molecular complexity index is 860. The highest BCUT2D eigenvalue weighted by Crippen LogP contribution is 2.33. The van der Waals surface area contributed by atoms with Gasteiger partial charge >= 0.3 is 0 Å². The van der Waals surface area contributed by atoms with Crippen LogP contribution in [0.1, 0.15) is 40.3 Å². The standard InChI is InChI=1S/C24H24O/c1-24(25,22-5-3-2-4-6-22)23-17-20-12-11-18-7-9-19(10-8-18)13-15-21(23)16-14-20/h2-10,14,16-17,25H,11-13,15H2,1H3. The SMILES string of the molecule is CC(O)(c1ccccc1)c1cc2ccc1CCc1ccc(cc1)CC2. The van der Waals surface area contributed by atoms with Crippen LogP contribution in [0.5, 0.6) is 0 Å². The minimum atomic E-state index is -0.973. The quantitative estimate of drug-likeness (QED) is 0.714. The van der Waals surface area contributed by atoms with Gasteiger partial charge in [-0.1, -0.05) is 72.8 Å². The van der Waals surface area contributed by atoms with Gasteiger partial charge in [-0.15, -0.1) is 0 Å². The molecule has 126 valence electrons. The van der Waals surface area contributed by atoms with Crippen LogP contribution in [0.2, 0.25) is 0 Å². The molecule has 1 atom stereocenters. The van der Waals surface area contributed by atoms with E-state index < -0.39 is 5.60 Å². The Balaban J connectivity index is 1.79. The van der Waals surface area contributed by atoms with Gasteiger partial charge in [-0.25, -0.2) is 0 Å². The third-order valence-corrected chi connectivity index (χ3v) is 5.44. The minimum absolute atomic E-state index is 0.942. The summed E-state index contributed by atoms with van der Waals surface area (Å²) < 4.78 is 0. The Morgan fingerprint density at radius 2 is 1.24 bits per heavy atom. The van der Waals surface area contributed by atoms with Crippen molar-refractivity contribution >= 4 is 0 Å². The molecular formula is C24H24O. The summed E-state index contributed by atoms with van der Waals surface area (Å²) in [4.78, 5) is 0. The van der Waals surface area contributed by atoms with Crippen LogP contribution in [0.3, 0.4) is 0 Å². The lowest BCUT2D eigenvalue weighted by Gasteiger charge is -2.28. The number of benzene rings is 3. The summed E-state index contributed by atoms with van der Waals surface area (Å²) in [6.07, 6.45) is 3.97. The second kappa shape index (κ2) is 6.50. The molecule has 4 aliphatic carbocycles. The fourth-order valence-electron chi connectivity index (χ4n) is 3.81. The molecule has 0 aliphatic heterocycles. The monoisotopic (exact) mass is 328 g/mol. The van der Waals surface area contributed by atoms with Gasteiger partial charge in [0.2, 0.25) is 0 Å². The molecule has 0 radical (unpaired) electrons. The zero-order chi connectivity index (χ0) is 17.3. The smallest absolute Gasteiger partial charge is 0.112 e. The first kappa shape index (κ1) is 16.1. The van der Waals surface area contributed by atoms with Crippen LogP contribution in [0.15, 0.2) is 72.8 Å². The van der Waals surface area contributed by atoms with Crippen molar-refractivity contribution in [2.24, 2.45) is 0 Å². The average molecular weight is 328 g/mol. The summed E-state index contributed by atoms with van der Waals surface area (Å²) in [7, 11) is 0. The molecule has 0 aromatic heterocycles. The number of aryl methyl sites for hydroxylation is 4. The molecule has 1 N–H and O–H groups in total. The summed E-state index contributed by atoms with van der Waals surface area (Å²) in [5.74, 6) is 0. The van der Waals surface area contributed by atoms with E-state index in [4.69, 9.17) is 0 Å². The van der Waals surface area contributed by atoms with Crippen molar-refractivity contribution in [3.05, 3.63) is 106 Å². The van der Waals surface area contributed by atoms with Gasteiger partial charge in [0.1, 0.15) is 5.60 Å². The molecule has 1 heteroatoms. The van der Waals surface area contributed by atoms with Gasteiger partial charge < -0.3 is 5.11 Å². The zero-order valence-electron chi connectivity index (χ0n) is 14.7. The molecule has 1 nitrogen and oxygen atoms in total. The van der Waals surface area contributed by atoms with Crippen LogP contribution in [-0.2, 0) is 31.3 Å². The Hall–Kier alpha value is -2.38. The largest absolute Gasteiger partial charge is 0.381 e. The first-order chi connectivity index (χ1) is 12.1. The van der Waals surface area contributed by atoms with Gasteiger partial charge in [-0.05, 0) is 66.0 Å². The Morgan fingerprint density at radius 3 is 1.92 bits per heavy atom. The molecular weight excluding hydrogens is 304 g/mol. The van der Waals surface area contributed by atoms with E-state index in [9.17, 15) is 5.11 Å². The van der Waals surface area contributed by atoms with Crippen LogP contribution in [0.4, 0.5) is 0 Å². The normalized spacial score (nSPS) is 16.1. The maximum Gasteiger partial charge on any atom is 0.112 e. The molecule has 4 aliphatic rings. The second-order valence-electron chi connectivity index (χ2n) is 7.25. The van der Waals surface area contributed by atoms with E-state index in [1.165, 1.54) is 22.3 Å². The Morgan fingerprint density at radius 1 is 0.680 bits per heavy atom. The maximum absolute atomic E-state index is 11.4. The highest BCUT2D eigenvalue weighted by atomic mass is 16.3. The predicted octanol–water partition coefficient (Wildman–Crippen LogP) is 4.83. The summed E-state index contributed by atoms with van der Waals surface area (Å²) in [5, 5.41) is 11.4. The van der Waals surface area contributed by atoms with Gasteiger partial charge in [-0.3, -0.25) is 0 Å². The van der Waals surface area contributed by atoms with E-state index in [0.29, 0.717) is 0 Å². The molecule has 0 spiro atoms. The van der Waals surface area contributed by atoms with Crippen LogP contribution in [0, 0.1) is 0 Å². The van der Waals surface area contributed by atoms with Crippen LogP contribution in [-0.4, -0.2) is 5.11 Å². The third kappa shape index (κ3) is 3.25. The lowest BCUT2D eigenvalue weighted by molar-refractivity contribution is 0.101. The highest BCUT2D eigenvalue weighted by Gasteiger charge is 2.28. The molecule has 0 heterocycles. The van der Waals surface area contributed by atoms with Crippen molar-refractivity contribution in [2.45, 2.75) is 38.2 Å². The number of aliphatic hydroxyl groups is 1. The zero-order valence-corrected chi connectivity index (χ0v) is 14.7. The predicted molar refractivity (Wildman–Crippen MR) is 103 cm³/mol. The van der Waals surface area contributed by atoms with Gasteiger partial charge in [-0.2, -0.15) is 0 Å². The fourth-order valence-corrected chi connectivity index (χ4v) is 3.81. The molecule has 1 unspecified atom stereocenters. The molecule has 7 rings (SSSR count).